The molecule has 0 spiro atoms. The molecule has 0 radical (unpaired) electrons. The Hall–Kier alpha value is -4.15. The highest BCUT2D eigenvalue weighted by Crippen LogP contribution is 2.35. The number of nitrogens with zero attached hydrogens (tertiary/aromatic N) is 3. The number of aromatic amines is 1. The van der Waals surface area contributed by atoms with Gasteiger partial charge >= 0.3 is 6.09 Å². The molecule has 11 nitrogen and oxygen atoms in total. The third-order valence-electron chi connectivity index (χ3n) is 5.80. The number of hydrogen-bond donors (Lipinski definition) is 4. The molecule has 0 bridgehead atoms. The molecule has 11 heteroatoms. The molecule has 1 aliphatic rings. The Kier molecular flexibility index (Phi) is 7.14. The number of rotatable bonds is 8. The fraction of sp³-hybridized carbons (Fsp3) is 0.375. The van der Waals surface area contributed by atoms with Crippen LogP contribution in [0.25, 0.3) is 5.69 Å². The zero-order valence-corrected chi connectivity index (χ0v) is 19.5. The molecule has 1 unspecified atom stereocenters. The number of nitrogens with one attached hydrogen (secondary N) is 3. The molecular weight excluding hydrogens is 452 g/mol. The van der Waals surface area contributed by atoms with Crippen LogP contribution in [-0.4, -0.2) is 55.5 Å². The third-order valence-corrected chi connectivity index (χ3v) is 5.80. The molecule has 2 amide bonds. The van der Waals surface area contributed by atoms with E-state index in [9.17, 15) is 19.5 Å². The lowest BCUT2D eigenvalue weighted by Gasteiger charge is -2.14. The van der Waals surface area contributed by atoms with Crippen molar-refractivity contribution in [2.24, 2.45) is 0 Å². The topological polar surface area (TPSA) is 151 Å². The first-order valence-corrected chi connectivity index (χ1v) is 11.5. The van der Waals surface area contributed by atoms with E-state index < -0.39 is 6.09 Å². The van der Waals surface area contributed by atoms with Crippen LogP contribution in [0.2, 0.25) is 0 Å². The highest BCUT2D eigenvalue weighted by atomic mass is 16.6. The number of carbonyl (C=O) groups excluding carboxylic acids is 3. The Morgan fingerprint density at radius 2 is 2.17 bits per heavy atom. The molecule has 0 aliphatic heterocycles. The second-order valence-electron chi connectivity index (χ2n) is 8.89. The predicted molar refractivity (Wildman–Crippen MR) is 127 cm³/mol. The minimum atomic E-state index is -0.405. The molecule has 1 fully saturated rings. The highest BCUT2D eigenvalue weighted by Gasteiger charge is 2.30. The molecule has 2 heterocycles. The Morgan fingerprint density at radius 1 is 1.34 bits per heavy atom. The number of aromatic hydroxyl groups is 1. The smallest absolute Gasteiger partial charge is 0.407 e. The van der Waals surface area contributed by atoms with Gasteiger partial charge in [-0.25, -0.2) is 9.48 Å². The molecule has 1 saturated carbocycles. The zero-order chi connectivity index (χ0) is 24.9. The normalized spacial score (nSPS) is 17.3. The van der Waals surface area contributed by atoms with Crippen LogP contribution >= 0.6 is 0 Å². The van der Waals surface area contributed by atoms with Crippen molar-refractivity contribution in [3.63, 3.8) is 0 Å². The number of benzene rings is 1. The second kappa shape index (κ2) is 10.4. The van der Waals surface area contributed by atoms with E-state index in [0.717, 1.165) is 18.5 Å². The lowest BCUT2D eigenvalue weighted by Crippen LogP contribution is -2.33. The number of aldehydes is 1. The van der Waals surface area contributed by atoms with Gasteiger partial charge in [-0.05, 0) is 50.8 Å². The fourth-order valence-corrected chi connectivity index (χ4v) is 4.18. The Labute approximate surface area is 201 Å². The lowest BCUT2D eigenvalue weighted by molar-refractivity contribution is -0.115. The molecular formula is C24H28N6O5. The molecule has 0 saturated heterocycles. The van der Waals surface area contributed by atoms with E-state index in [2.05, 4.69) is 25.9 Å². The van der Waals surface area contributed by atoms with Crippen LogP contribution < -0.4 is 10.6 Å². The zero-order valence-electron chi connectivity index (χ0n) is 19.5. The molecule has 184 valence electrons. The van der Waals surface area contributed by atoms with Crippen LogP contribution in [0, 0.1) is 0 Å². The van der Waals surface area contributed by atoms with Gasteiger partial charge in [0.05, 0.1) is 23.9 Å². The summed E-state index contributed by atoms with van der Waals surface area (Å²) in [7, 11) is 0. The van der Waals surface area contributed by atoms with Gasteiger partial charge in [-0.15, -0.1) is 0 Å². The average molecular weight is 481 g/mol. The van der Waals surface area contributed by atoms with E-state index in [1.807, 2.05) is 13.8 Å². The van der Waals surface area contributed by atoms with Crippen molar-refractivity contribution in [3.05, 3.63) is 53.5 Å². The molecule has 4 N–H and O–H groups in total. The largest absolute Gasteiger partial charge is 0.507 e. The van der Waals surface area contributed by atoms with Gasteiger partial charge in [0.2, 0.25) is 5.91 Å². The number of aromatic nitrogens is 4. The minimum absolute atomic E-state index is 0.0216. The standard InChI is InChI=1S/C24H28N6O5/c1-14(2)26-24(34)35-17-7-6-16(9-17)19-10-22(29-28-19)27-23(33)8-15-11-25-30(12-15)20-4-3-5-21(32)18(20)13-31/h3-5,10-14,16-17,32H,6-9H2,1-2H3,(H,26,34)(H2,27,28,29,33)/t16-,17?/m0/s1. The van der Waals surface area contributed by atoms with Crippen molar-refractivity contribution in [3.8, 4) is 11.4 Å². The number of carbonyl (C=O) groups is 3. The van der Waals surface area contributed by atoms with E-state index in [1.54, 1.807) is 24.4 Å². The van der Waals surface area contributed by atoms with Crippen LogP contribution in [0.4, 0.5) is 10.6 Å². The first-order chi connectivity index (χ1) is 16.8. The number of phenols is 1. The maximum atomic E-state index is 12.5. The van der Waals surface area contributed by atoms with E-state index in [-0.39, 0.29) is 41.7 Å². The first-order valence-electron chi connectivity index (χ1n) is 11.5. The van der Waals surface area contributed by atoms with E-state index in [0.29, 0.717) is 29.8 Å². The summed E-state index contributed by atoms with van der Waals surface area (Å²) in [5, 5.41) is 26.7. The maximum absolute atomic E-state index is 12.5. The summed E-state index contributed by atoms with van der Waals surface area (Å²) >= 11 is 0. The monoisotopic (exact) mass is 480 g/mol. The SMILES string of the molecule is CC(C)NC(=O)OC1CC[C@H](c2cc(NC(=O)Cc3cnn(-c4cccc(O)c4C=O)c3)n[nH]2)C1. The molecule has 4 rings (SSSR count). The Morgan fingerprint density at radius 3 is 2.94 bits per heavy atom. The van der Waals surface area contributed by atoms with E-state index in [4.69, 9.17) is 4.74 Å². The summed E-state index contributed by atoms with van der Waals surface area (Å²) in [4.78, 5) is 35.7. The van der Waals surface area contributed by atoms with Gasteiger partial charge in [0.15, 0.2) is 12.1 Å². The number of ether oxygens (including phenoxy) is 1. The molecule has 2 atom stereocenters. The summed E-state index contributed by atoms with van der Waals surface area (Å²) < 4.78 is 6.91. The van der Waals surface area contributed by atoms with Gasteiger partial charge in [0.1, 0.15) is 11.9 Å². The van der Waals surface area contributed by atoms with Gasteiger partial charge < -0.3 is 20.5 Å². The fourth-order valence-electron chi connectivity index (χ4n) is 4.18. The quantitative estimate of drug-likeness (QED) is 0.362. The molecule has 2 aromatic heterocycles. The summed E-state index contributed by atoms with van der Waals surface area (Å²) in [6.45, 7) is 3.76. The molecule has 35 heavy (non-hydrogen) atoms. The van der Waals surface area contributed by atoms with Gasteiger partial charge in [-0.2, -0.15) is 10.2 Å². The number of anilines is 1. The number of H-pyrrole nitrogens is 1. The molecule has 1 aliphatic carbocycles. The highest BCUT2D eigenvalue weighted by molar-refractivity contribution is 5.91. The number of hydrogen-bond acceptors (Lipinski definition) is 7. The van der Waals surface area contributed by atoms with Crippen molar-refractivity contribution in [2.45, 2.75) is 57.6 Å². The van der Waals surface area contributed by atoms with Crippen molar-refractivity contribution < 1.29 is 24.2 Å². The van der Waals surface area contributed by atoms with Gasteiger partial charge in [0, 0.05) is 29.9 Å². The van der Waals surface area contributed by atoms with Crippen molar-refractivity contribution in [2.75, 3.05) is 5.32 Å². The number of phenolic OH excluding ortho intramolecular Hbond substituents is 1. The van der Waals surface area contributed by atoms with E-state index in [1.165, 1.54) is 16.9 Å². The van der Waals surface area contributed by atoms with Crippen LogP contribution in [-0.2, 0) is 16.0 Å². The van der Waals surface area contributed by atoms with Crippen LogP contribution in [0.15, 0.2) is 36.7 Å². The first kappa shape index (κ1) is 24.0. The summed E-state index contributed by atoms with van der Waals surface area (Å²) in [5.74, 6) is 0.167. The number of alkyl carbamates (subject to hydrolysis) is 1. The van der Waals surface area contributed by atoms with Crippen LogP contribution in [0.1, 0.15) is 60.6 Å². The average Bonchev–Trinajstić information content (AvgIpc) is 3.54. The third kappa shape index (κ3) is 5.86. The van der Waals surface area contributed by atoms with Crippen molar-refractivity contribution in [1.29, 1.82) is 0 Å². The predicted octanol–water partition coefficient (Wildman–Crippen LogP) is 3.07. The summed E-state index contributed by atoms with van der Waals surface area (Å²) in [6, 6.07) is 6.51. The van der Waals surface area contributed by atoms with Gasteiger partial charge in [-0.1, -0.05) is 6.07 Å². The van der Waals surface area contributed by atoms with E-state index >= 15 is 0 Å². The van der Waals surface area contributed by atoms with Crippen LogP contribution in [0.5, 0.6) is 5.75 Å². The number of amides is 2. The van der Waals surface area contributed by atoms with Crippen molar-refractivity contribution >= 4 is 24.1 Å². The maximum Gasteiger partial charge on any atom is 0.407 e. The summed E-state index contributed by atoms with van der Waals surface area (Å²) in [5.41, 5.74) is 2.06. The lowest BCUT2D eigenvalue weighted by atomic mass is 10.0. The summed E-state index contributed by atoms with van der Waals surface area (Å²) in [6.07, 6.45) is 5.54. The molecule has 3 aromatic rings. The molecule has 1 aromatic carbocycles. The minimum Gasteiger partial charge on any atom is -0.507 e. The second-order valence-corrected chi connectivity index (χ2v) is 8.89. The van der Waals surface area contributed by atoms with Crippen LogP contribution in [0.3, 0.4) is 0 Å². The Balaban J connectivity index is 1.31. The van der Waals surface area contributed by atoms with Crippen molar-refractivity contribution in [1.82, 2.24) is 25.3 Å². The van der Waals surface area contributed by atoms with Gasteiger partial charge in [0.25, 0.3) is 0 Å². The van der Waals surface area contributed by atoms with Gasteiger partial charge in [-0.3, -0.25) is 14.7 Å². The Bertz CT molecular complexity index is 1220.